The lowest BCUT2D eigenvalue weighted by molar-refractivity contribution is 0.0739. The van der Waals surface area contributed by atoms with Crippen molar-refractivity contribution in [3.63, 3.8) is 0 Å². The van der Waals surface area contributed by atoms with Gasteiger partial charge in [-0.1, -0.05) is 17.4 Å². The Kier molecular flexibility index (Phi) is 4.78. The fourth-order valence-electron chi connectivity index (χ4n) is 3.91. The van der Waals surface area contributed by atoms with Crippen LogP contribution in [0.1, 0.15) is 23.1 Å². The lowest BCUT2D eigenvalue weighted by Crippen LogP contribution is -2.49. The molecule has 0 bridgehead atoms. The summed E-state index contributed by atoms with van der Waals surface area (Å²) in [6, 6.07) is 11.8. The zero-order valence-electron chi connectivity index (χ0n) is 17.0. The second-order valence-corrected chi connectivity index (χ2v) is 8.32. The maximum atomic E-state index is 13.2. The summed E-state index contributed by atoms with van der Waals surface area (Å²) in [6.45, 7) is 7.39. The average molecular weight is 422 g/mol. The van der Waals surface area contributed by atoms with Gasteiger partial charge in [0.05, 0.1) is 22.5 Å². The SMILES string of the molecule is CCOc1ccc2nc(N3CCN(C(=O)c4c(C)nc5ccccn45)CC3)sc2c1. The summed E-state index contributed by atoms with van der Waals surface area (Å²) in [5.74, 6) is 0.913. The topological polar surface area (TPSA) is 63.0 Å². The van der Waals surface area contributed by atoms with Gasteiger partial charge in [-0.2, -0.15) is 0 Å². The van der Waals surface area contributed by atoms with E-state index in [9.17, 15) is 4.79 Å². The molecule has 0 spiro atoms. The average Bonchev–Trinajstić information content (AvgIpc) is 3.33. The van der Waals surface area contributed by atoms with E-state index in [-0.39, 0.29) is 5.91 Å². The summed E-state index contributed by atoms with van der Waals surface area (Å²) >= 11 is 1.67. The molecule has 0 aliphatic carbocycles. The van der Waals surface area contributed by atoms with E-state index in [1.807, 2.05) is 65.7 Å². The Morgan fingerprint density at radius 3 is 2.77 bits per heavy atom. The Hall–Kier alpha value is -3.13. The van der Waals surface area contributed by atoms with Crippen LogP contribution >= 0.6 is 11.3 Å². The van der Waals surface area contributed by atoms with E-state index in [2.05, 4.69) is 9.88 Å². The van der Waals surface area contributed by atoms with E-state index in [0.29, 0.717) is 25.4 Å². The van der Waals surface area contributed by atoms with E-state index in [4.69, 9.17) is 9.72 Å². The van der Waals surface area contributed by atoms with Gasteiger partial charge in [-0.15, -0.1) is 0 Å². The zero-order valence-corrected chi connectivity index (χ0v) is 17.9. The van der Waals surface area contributed by atoms with Gasteiger partial charge in [0.25, 0.3) is 5.91 Å². The van der Waals surface area contributed by atoms with Crippen LogP contribution in [-0.4, -0.2) is 58.0 Å². The van der Waals surface area contributed by atoms with E-state index in [1.54, 1.807) is 11.3 Å². The molecule has 1 fully saturated rings. The summed E-state index contributed by atoms with van der Waals surface area (Å²) in [4.78, 5) is 26.7. The van der Waals surface area contributed by atoms with Gasteiger partial charge < -0.3 is 14.5 Å². The molecule has 30 heavy (non-hydrogen) atoms. The fourth-order valence-corrected chi connectivity index (χ4v) is 4.95. The molecule has 1 aliphatic heterocycles. The number of anilines is 1. The minimum Gasteiger partial charge on any atom is -0.494 e. The van der Waals surface area contributed by atoms with E-state index >= 15 is 0 Å². The summed E-state index contributed by atoms with van der Waals surface area (Å²) in [5, 5.41) is 0.997. The van der Waals surface area contributed by atoms with Crippen molar-refractivity contribution in [1.82, 2.24) is 19.3 Å². The van der Waals surface area contributed by atoms with Crippen LogP contribution in [0.5, 0.6) is 5.75 Å². The molecule has 5 rings (SSSR count). The standard InChI is InChI=1S/C22H23N5O2S/c1-3-29-16-7-8-17-18(14-16)30-22(24-17)26-12-10-25(11-13-26)21(28)20-15(2)23-19-6-4-5-9-27(19)20/h4-9,14H,3,10-13H2,1-2H3. The molecule has 1 saturated heterocycles. The van der Waals surface area contributed by atoms with Gasteiger partial charge >= 0.3 is 0 Å². The van der Waals surface area contributed by atoms with Gasteiger partial charge in [0.2, 0.25) is 0 Å². The third kappa shape index (κ3) is 3.27. The number of carbonyl (C=O) groups is 1. The molecular formula is C22H23N5O2S. The Balaban J connectivity index is 1.32. The second-order valence-electron chi connectivity index (χ2n) is 7.31. The predicted octanol–water partition coefficient (Wildman–Crippen LogP) is 3.61. The summed E-state index contributed by atoms with van der Waals surface area (Å²) < 4.78 is 8.60. The first-order valence-corrected chi connectivity index (χ1v) is 11.0. The van der Waals surface area contributed by atoms with Crippen molar-refractivity contribution in [3.8, 4) is 5.75 Å². The number of benzene rings is 1. The van der Waals surface area contributed by atoms with Crippen LogP contribution in [-0.2, 0) is 0 Å². The molecule has 0 atom stereocenters. The number of imidazole rings is 1. The first-order valence-electron chi connectivity index (χ1n) is 10.2. The highest BCUT2D eigenvalue weighted by molar-refractivity contribution is 7.22. The molecule has 1 aliphatic rings. The highest BCUT2D eigenvalue weighted by Crippen LogP contribution is 2.32. The number of aromatic nitrogens is 3. The number of nitrogens with zero attached hydrogens (tertiary/aromatic N) is 5. The van der Waals surface area contributed by atoms with Gasteiger partial charge in [-0.3, -0.25) is 9.20 Å². The van der Waals surface area contributed by atoms with Crippen LogP contribution in [0.4, 0.5) is 5.13 Å². The van der Waals surface area contributed by atoms with Crippen molar-refractivity contribution >= 4 is 38.2 Å². The van der Waals surface area contributed by atoms with Crippen LogP contribution in [0, 0.1) is 6.92 Å². The minimum atomic E-state index is 0.0384. The number of hydrogen-bond donors (Lipinski definition) is 0. The number of thiazole rings is 1. The van der Waals surface area contributed by atoms with Gasteiger partial charge in [-0.05, 0) is 44.2 Å². The highest BCUT2D eigenvalue weighted by atomic mass is 32.1. The quantitative estimate of drug-likeness (QED) is 0.504. The maximum Gasteiger partial charge on any atom is 0.272 e. The number of fused-ring (bicyclic) bond motifs is 2. The van der Waals surface area contributed by atoms with Crippen molar-refractivity contribution < 1.29 is 9.53 Å². The third-order valence-corrected chi connectivity index (χ3v) is 6.48. The number of pyridine rings is 1. The van der Waals surface area contributed by atoms with Crippen molar-refractivity contribution in [2.45, 2.75) is 13.8 Å². The summed E-state index contributed by atoms with van der Waals surface area (Å²) in [5.41, 5.74) is 3.21. The molecular weight excluding hydrogens is 398 g/mol. The van der Waals surface area contributed by atoms with E-state index in [1.165, 1.54) is 0 Å². The van der Waals surface area contributed by atoms with Crippen molar-refractivity contribution in [3.05, 3.63) is 54.0 Å². The fraction of sp³-hybridized carbons (Fsp3) is 0.318. The molecule has 154 valence electrons. The maximum absolute atomic E-state index is 13.2. The van der Waals surface area contributed by atoms with Crippen molar-refractivity contribution in [2.24, 2.45) is 0 Å². The van der Waals surface area contributed by atoms with Crippen LogP contribution < -0.4 is 9.64 Å². The van der Waals surface area contributed by atoms with Gasteiger partial charge in [0.15, 0.2) is 5.13 Å². The molecule has 0 unspecified atom stereocenters. The zero-order chi connectivity index (χ0) is 20.7. The third-order valence-electron chi connectivity index (χ3n) is 5.40. The summed E-state index contributed by atoms with van der Waals surface area (Å²) in [7, 11) is 0. The number of rotatable bonds is 4. The Morgan fingerprint density at radius 1 is 1.13 bits per heavy atom. The molecule has 0 radical (unpaired) electrons. The van der Waals surface area contributed by atoms with Crippen LogP contribution in [0.15, 0.2) is 42.6 Å². The van der Waals surface area contributed by atoms with Gasteiger partial charge in [0.1, 0.15) is 17.1 Å². The molecule has 1 aromatic carbocycles. The molecule has 0 saturated carbocycles. The smallest absolute Gasteiger partial charge is 0.272 e. The second kappa shape index (κ2) is 7.60. The van der Waals surface area contributed by atoms with Gasteiger partial charge in [-0.25, -0.2) is 9.97 Å². The number of ether oxygens (including phenoxy) is 1. The molecule has 8 heteroatoms. The molecule has 7 nitrogen and oxygen atoms in total. The largest absolute Gasteiger partial charge is 0.494 e. The first kappa shape index (κ1) is 18.9. The summed E-state index contributed by atoms with van der Waals surface area (Å²) in [6.07, 6.45) is 1.90. The lowest BCUT2D eigenvalue weighted by atomic mass is 10.2. The van der Waals surface area contributed by atoms with E-state index in [0.717, 1.165) is 45.5 Å². The number of amides is 1. The number of hydrogen-bond acceptors (Lipinski definition) is 6. The molecule has 0 N–H and O–H groups in total. The van der Waals surface area contributed by atoms with E-state index < -0.39 is 0 Å². The highest BCUT2D eigenvalue weighted by Gasteiger charge is 2.27. The van der Waals surface area contributed by atoms with Crippen LogP contribution in [0.2, 0.25) is 0 Å². The molecule has 4 aromatic rings. The lowest BCUT2D eigenvalue weighted by Gasteiger charge is -2.34. The Bertz CT molecular complexity index is 1220. The number of aryl methyl sites for hydroxylation is 1. The molecule has 3 aromatic heterocycles. The predicted molar refractivity (Wildman–Crippen MR) is 119 cm³/mol. The minimum absolute atomic E-state index is 0.0384. The molecule has 1 amide bonds. The van der Waals surface area contributed by atoms with Crippen LogP contribution in [0.25, 0.3) is 15.9 Å². The molecule has 4 heterocycles. The first-order chi connectivity index (χ1) is 14.6. The van der Waals surface area contributed by atoms with Gasteiger partial charge in [0, 0.05) is 32.4 Å². The van der Waals surface area contributed by atoms with Crippen molar-refractivity contribution in [2.75, 3.05) is 37.7 Å². The number of piperazine rings is 1. The van der Waals surface area contributed by atoms with Crippen LogP contribution in [0.3, 0.4) is 0 Å². The van der Waals surface area contributed by atoms with Crippen molar-refractivity contribution in [1.29, 1.82) is 0 Å². The Morgan fingerprint density at radius 2 is 1.97 bits per heavy atom. The number of carbonyl (C=O) groups excluding carboxylic acids is 1. The Labute approximate surface area is 178 Å². The monoisotopic (exact) mass is 421 g/mol. The normalized spacial score (nSPS) is 14.6.